The first-order valence-electron chi connectivity index (χ1n) is 11.9. The number of ether oxygens (including phenoxy) is 1. The number of nitrogens with one attached hydrogen (secondary N) is 2. The van der Waals surface area contributed by atoms with Gasteiger partial charge in [0.2, 0.25) is 0 Å². The fourth-order valence-corrected chi connectivity index (χ4v) is 4.41. The summed E-state index contributed by atoms with van der Waals surface area (Å²) in [5.41, 5.74) is 5.57. The first-order chi connectivity index (χ1) is 18.8. The van der Waals surface area contributed by atoms with E-state index in [-0.39, 0.29) is 4.90 Å². The van der Waals surface area contributed by atoms with Crippen molar-refractivity contribution in [1.29, 1.82) is 0 Å². The Balaban J connectivity index is 1.27. The zero-order chi connectivity index (χ0) is 27.7. The summed E-state index contributed by atoms with van der Waals surface area (Å²) in [6.07, 6.45) is 4.47. The smallest absolute Gasteiger partial charge is 0.336 e. The molecule has 0 spiro atoms. The second-order valence-corrected chi connectivity index (χ2v) is 10.1. The second-order valence-electron chi connectivity index (χ2n) is 8.43. The van der Waals surface area contributed by atoms with Gasteiger partial charge in [0.25, 0.3) is 15.9 Å². The molecule has 4 aromatic carbocycles. The summed E-state index contributed by atoms with van der Waals surface area (Å²) in [4.78, 5) is 24.5. The van der Waals surface area contributed by atoms with Crippen molar-refractivity contribution < 1.29 is 22.7 Å². The van der Waals surface area contributed by atoms with Gasteiger partial charge in [-0.1, -0.05) is 48.0 Å². The third-order valence-electron chi connectivity index (χ3n) is 5.42. The molecule has 8 nitrogen and oxygen atoms in total. The lowest BCUT2D eigenvalue weighted by Crippen LogP contribution is -2.18. The zero-order valence-electron chi connectivity index (χ0n) is 20.9. The first kappa shape index (κ1) is 27.0. The highest BCUT2D eigenvalue weighted by molar-refractivity contribution is 7.92. The minimum Gasteiger partial charge on any atom is -0.423 e. The molecule has 9 heteroatoms. The van der Waals surface area contributed by atoms with Crippen LogP contribution in [0.2, 0.25) is 0 Å². The van der Waals surface area contributed by atoms with E-state index in [4.69, 9.17) is 4.74 Å². The molecule has 4 aromatic rings. The molecule has 0 saturated heterocycles. The number of anilines is 1. The summed E-state index contributed by atoms with van der Waals surface area (Å²) < 4.78 is 32.8. The summed E-state index contributed by atoms with van der Waals surface area (Å²) in [5.74, 6) is -0.589. The van der Waals surface area contributed by atoms with Gasteiger partial charge in [-0.05, 0) is 84.8 Å². The van der Waals surface area contributed by atoms with E-state index in [1.165, 1.54) is 48.7 Å². The number of sulfonamides is 1. The van der Waals surface area contributed by atoms with Gasteiger partial charge in [-0.3, -0.25) is 9.52 Å². The van der Waals surface area contributed by atoms with Crippen LogP contribution in [-0.2, 0) is 14.8 Å². The van der Waals surface area contributed by atoms with E-state index in [0.717, 1.165) is 11.1 Å². The summed E-state index contributed by atoms with van der Waals surface area (Å²) in [6.45, 7) is 1.87. The standard InChI is InChI=1S/C30H25N3O5S/c1-22-7-18-28(19-8-22)39(36,37)33-26-14-12-25(13-15-26)30(35)32-31-21-24-9-16-27(17-10-24)38-29(34)20-11-23-5-3-2-4-6-23/h2-21,33H,1H3,(H,32,35)/b20-11+,31-21+. The van der Waals surface area contributed by atoms with Crippen molar-refractivity contribution in [2.75, 3.05) is 4.72 Å². The van der Waals surface area contributed by atoms with Gasteiger partial charge in [0.1, 0.15) is 5.75 Å². The molecule has 0 aromatic heterocycles. The van der Waals surface area contributed by atoms with E-state index < -0.39 is 21.9 Å². The summed E-state index contributed by atoms with van der Waals surface area (Å²) in [5, 5.41) is 3.95. The van der Waals surface area contributed by atoms with Crippen LogP contribution < -0.4 is 14.9 Å². The third kappa shape index (κ3) is 7.98. The Morgan fingerprint density at radius 1 is 0.795 bits per heavy atom. The highest BCUT2D eigenvalue weighted by Gasteiger charge is 2.14. The Bertz CT molecular complexity index is 1600. The number of rotatable bonds is 9. The van der Waals surface area contributed by atoms with Crippen LogP contribution in [0.1, 0.15) is 27.0 Å². The number of hydrogen-bond acceptors (Lipinski definition) is 6. The molecule has 196 valence electrons. The van der Waals surface area contributed by atoms with Crippen LogP contribution in [0.4, 0.5) is 5.69 Å². The van der Waals surface area contributed by atoms with Crippen LogP contribution in [0.25, 0.3) is 6.08 Å². The molecule has 0 aliphatic heterocycles. The molecule has 0 fully saturated rings. The molecule has 0 aliphatic rings. The lowest BCUT2D eigenvalue weighted by atomic mass is 10.2. The number of benzene rings is 4. The SMILES string of the molecule is Cc1ccc(S(=O)(=O)Nc2ccc(C(=O)N/N=C/c3ccc(OC(=O)/C=C/c4ccccc4)cc3)cc2)cc1. The molecular weight excluding hydrogens is 514 g/mol. The predicted octanol–water partition coefficient (Wildman–Crippen LogP) is 5.18. The molecule has 1 amide bonds. The third-order valence-corrected chi connectivity index (χ3v) is 6.82. The number of hydrogen-bond donors (Lipinski definition) is 2. The van der Waals surface area contributed by atoms with Crippen molar-refractivity contribution in [2.24, 2.45) is 5.10 Å². The Labute approximate surface area is 226 Å². The molecule has 4 rings (SSSR count). The van der Waals surface area contributed by atoms with Crippen LogP contribution in [0.15, 0.2) is 119 Å². The van der Waals surface area contributed by atoms with Gasteiger partial charge in [0, 0.05) is 17.3 Å². The zero-order valence-corrected chi connectivity index (χ0v) is 21.8. The highest BCUT2D eigenvalue weighted by Crippen LogP contribution is 2.17. The number of esters is 1. The molecular formula is C30H25N3O5S. The fourth-order valence-electron chi connectivity index (χ4n) is 3.35. The number of hydrazone groups is 1. The number of carbonyl (C=O) groups excluding carboxylic acids is 2. The van der Waals surface area contributed by atoms with Crippen molar-refractivity contribution in [3.8, 4) is 5.75 Å². The quantitative estimate of drug-likeness (QED) is 0.100. The Morgan fingerprint density at radius 3 is 2.13 bits per heavy atom. The summed E-state index contributed by atoms with van der Waals surface area (Å²) >= 11 is 0. The van der Waals surface area contributed by atoms with Gasteiger partial charge in [-0.25, -0.2) is 18.6 Å². The van der Waals surface area contributed by atoms with Crippen molar-refractivity contribution in [3.05, 3.63) is 131 Å². The van der Waals surface area contributed by atoms with E-state index >= 15 is 0 Å². The van der Waals surface area contributed by atoms with E-state index in [1.807, 2.05) is 37.3 Å². The van der Waals surface area contributed by atoms with Gasteiger partial charge in [0.15, 0.2) is 0 Å². The minimum atomic E-state index is -3.74. The van der Waals surface area contributed by atoms with Gasteiger partial charge in [-0.15, -0.1) is 0 Å². The van der Waals surface area contributed by atoms with Gasteiger partial charge < -0.3 is 4.74 Å². The van der Waals surface area contributed by atoms with E-state index in [0.29, 0.717) is 22.6 Å². The topological polar surface area (TPSA) is 114 Å². The lowest BCUT2D eigenvalue weighted by Gasteiger charge is -2.09. The lowest BCUT2D eigenvalue weighted by molar-refractivity contribution is -0.128. The number of carbonyl (C=O) groups is 2. The predicted molar refractivity (Wildman–Crippen MR) is 151 cm³/mol. The maximum atomic E-state index is 12.5. The monoisotopic (exact) mass is 539 g/mol. The fraction of sp³-hybridized carbons (Fsp3) is 0.0333. The van der Waals surface area contributed by atoms with Crippen LogP contribution in [0, 0.1) is 6.92 Å². The second kappa shape index (κ2) is 12.5. The van der Waals surface area contributed by atoms with Crippen molar-refractivity contribution in [1.82, 2.24) is 5.43 Å². The van der Waals surface area contributed by atoms with E-state index in [1.54, 1.807) is 42.5 Å². The van der Waals surface area contributed by atoms with Crippen LogP contribution >= 0.6 is 0 Å². The molecule has 0 heterocycles. The summed E-state index contributed by atoms with van der Waals surface area (Å²) in [7, 11) is -3.74. The molecule has 2 N–H and O–H groups in total. The molecule has 0 saturated carbocycles. The van der Waals surface area contributed by atoms with E-state index in [9.17, 15) is 18.0 Å². The van der Waals surface area contributed by atoms with Crippen molar-refractivity contribution in [3.63, 3.8) is 0 Å². The summed E-state index contributed by atoms with van der Waals surface area (Å²) in [6, 6.07) is 28.5. The largest absolute Gasteiger partial charge is 0.423 e. The number of aryl methyl sites for hydroxylation is 1. The highest BCUT2D eigenvalue weighted by atomic mass is 32.2. The van der Waals surface area contributed by atoms with Gasteiger partial charge in [-0.2, -0.15) is 5.10 Å². The molecule has 0 atom stereocenters. The van der Waals surface area contributed by atoms with Gasteiger partial charge in [0.05, 0.1) is 11.1 Å². The molecule has 0 unspecified atom stereocenters. The maximum Gasteiger partial charge on any atom is 0.336 e. The van der Waals surface area contributed by atoms with Crippen molar-refractivity contribution >= 4 is 39.9 Å². The van der Waals surface area contributed by atoms with Crippen LogP contribution in [-0.4, -0.2) is 26.5 Å². The molecule has 39 heavy (non-hydrogen) atoms. The van der Waals surface area contributed by atoms with Crippen LogP contribution in [0.5, 0.6) is 5.75 Å². The van der Waals surface area contributed by atoms with Gasteiger partial charge >= 0.3 is 5.97 Å². The first-order valence-corrected chi connectivity index (χ1v) is 13.3. The normalized spacial score (nSPS) is 11.4. The average molecular weight is 540 g/mol. The molecule has 0 radical (unpaired) electrons. The molecule has 0 aliphatic carbocycles. The Kier molecular flexibility index (Phi) is 8.65. The van der Waals surface area contributed by atoms with Crippen molar-refractivity contribution in [2.45, 2.75) is 11.8 Å². The Morgan fingerprint density at radius 2 is 1.46 bits per heavy atom. The van der Waals surface area contributed by atoms with Crippen LogP contribution in [0.3, 0.4) is 0 Å². The maximum absolute atomic E-state index is 12.5. The number of amides is 1. The van der Waals surface area contributed by atoms with E-state index in [2.05, 4.69) is 15.2 Å². The number of nitrogens with zero attached hydrogens (tertiary/aromatic N) is 1. The molecule has 0 bridgehead atoms. The average Bonchev–Trinajstić information content (AvgIpc) is 2.94. The Hall–Kier alpha value is -5.02. The minimum absolute atomic E-state index is 0.148.